The van der Waals surface area contributed by atoms with Gasteiger partial charge < -0.3 is 14.9 Å². The van der Waals surface area contributed by atoms with Crippen molar-refractivity contribution < 1.29 is 14.7 Å². The van der Waals surface area contributed by atoms with Crippen LogP contribution in [0.3, 0.4) is 0 Å². The van der Waals surface area contributed by atoms with Gasteiger partial charge in [0.1, 0.15) is 0 Å². The van der Waals surface area contributed by atoms with Gasteiger partial charge in [-0.25, -0.2) is 4.98 Å². The van der Waals surface area contributed by atoms with Gasteiger partial charge in [-0.15, -0.1) is 0 Å². The fourth-order valence-corrected chi connectivity index (χ4v) is 5.12. The minimum atomic E-state index is -0.787. The van der Waals surface area contributed by atoms with E-state index in [-0.39, 0.29) is 11.7 Å². The highest BCUT2D eigenvalue weighted by molar-refractivity contribution is 7.17. The molecule has 1 aromatic carbocycles. The van der Waals surface area contributed by atoms with Crippen LogP contribution in [0.4, 0.5) is 5.13 Å². The topological polar surface area (TPSA) is 77.0 Å². The Labute approximate surface area is 180 Å². The van der Waals surface area contributed by atoms with Gasteiger partial charge in [0.25, 0.3) is 5.91 Å². The number of hydrogen-bond donors (Lipinski definition) is 1. The SMILES string of the molecule is CC(=O)c1sc(N2CCN(Cc3ccc(C(=O)N4CCCCC4)cc3)C2O)nc1C. The summed E-state index contributed by atoms with van der Waals surface area (Å²) >= 11 is 1.33. The van der Waals surface area contributed by atoms with Crippen molar-refractivity contribution in [2.45, 2.75) is 46.0 Å². The monoisotopic (exact) mass is 428 g/mol. The number of amides is 1. The molecule has 0 spiro atoms. The first-order valence-electron chi connectivity index (χ1n) is 10.5. The van der Waals surface area contributed by atoms with Crippen LogP contribution in [0, 0.1) is 6.92 Å². The normalized spacial score (nSPS) is 20.0. The number of ketones is 1. The quantitative estimate of drug-likeness (QED) is 0.738. The minimum absolute atomic E-state index is 0.000910. The number of aryl methyl sites for hydroxylation is 1. The van der Waals surface area contributed by atoms with Crippen LogP contribution in [0.15, 0.2) is 24.3 Å². The average molecular weight is 429 g/mol. The van der Waals surface area contributed by atoms with E-state index in [2.05, 4.69) is 4.98 Å². The molecule has 2 saturated heterocycles. The third-order valence-electron chi connectivity index (χ3n) is 5.81. The first kappa shape index (κ1) is 21.0. The third-order valence-corrected chi connectivity index (χ3v) is 7.11. The Morgan fingerprint density at radius 2 is 1.80 bits per heavy atom. The summed E-state index contributed by atoms with van der Waals surface area (Å²) < 4.78 is 0. The first-order valence-corrected chi connectivity index (χ1v) is 11.3. The number of anilines is 1. The van der Waals surface area contributed by atoms with Gasteiger partial charge in [0.15, 0.2) is 17.3 Å². The van der Waals surface area contributed by atoms with E-state index in [0.717, 1.165) is 37.1 Å². The smallest absolute Gasteiger partial charge is 0.253 e. The van der Waals surface area contributed by atoms with Gasteiger partial charge >= 0.3 is 0 Å². The second kappa shape index (κ2) is 8.83. The van der Waals surface area contributed by atoms with Crippen molar-refractivity contribution in [1.29, 1.82) is 0 Å². The van der Waals surface area contributed by atoms with Crippen LogP contribution in [0.5, 0.6) is 0 Å². The number of thiazole rings is 1. The summed E-state index contributed by atoms with van der Waals surface area (Å²) in [6.07, 6.45) is 2.58. The van der Waals surface area contributed by atoms with Crippen LogP contribution in [0.2, 0.25) is 0 Å². The molecule has 1 unspecified atom stereocenters. The lowest BCUT2D eigenvalue weighted by Crippen LogP contribution is -2.38. The summed E-state index contributed by atoms with van der Waals surface area (Å²) in [6.45, 7) is 6.98. The number of likely N-dealkylation sites (tertiary alicyclic amines) is 1. The number of carbonyl (C=O) groups excluding carboxylic acids is 2. The fourth-order valence-electron chi connectivity index (χ4n) is 4.12. The maximum atomic E-state index is 12.6. The zero-order valence-corrected chi connectivity index (χ0v) is 18.3. The fraction of sp³-hybridized carbons (Fsp3) is 0.500. The summed E-state index contributed by atoms with van der Waals surface area (Å²) in [5.41, 5.74) is 2.48. The number of aliphatic hydroxyl groups is 1. The molecule has 0 radical (unpaired) electrons. The molecule has 1 amide bonds. The van der Waals surface area contributed by atoms with Gasteiger partial charge in [-0.1, -0.05) is 23.5 Å². The largest absolute Gasteiger partial charge is 0.361 e. The summed E-state index contributed by atoms with van der Waals surface area (Å²) in [5.74, 6) is 0.107. The van der Waals surface area contributed by atoms with Crippen LogP contribution in [0.1, 0.15) is 57.5 Å². The van der Waals surface area contributed by atoms with Gasteiger partial charge in [-0.2, -0.15) is 0 Å². The minimum Gasteiger partial charge on any atom is -0.361 e. The number of rotatable bonds is 5. The van der Waals surface area contributed by atoms with E-state index < -0.39 is 6.35 Å². The highest BCUT2D eigenvalue weighted by atomic mass is 32.1. The molecule has 7 nitrogen and oxygen atoms in total. The van der Waals surface area contributed by atoms with Crippen LogP contribution < -0.4 is 4.90 Å². The first-order chi connectivity index (χ1) is 14.4. The lowest BCUT2D eigenvalue weighted by atomic mass is 10.1. The number of Topliss-reactive ketones (excluding diaryl/α,β-unsaturated/α-hetero) is 1. The number of hydrogen-bond acceptors (Lipinski definition) is 7. The van der Waals surface area contributed by atoms with Gasteiger partial charge in [0.2, 0.25) is 0 Å². The molecular formula is C22H28N4O3S. The molecule has 1 N–H and O–H groups in total. The number of nitrogens with zero attached hydrogens (tertiary/aromatic N) is 4. The molecule has 0 bridgehead atoms. The molecular weight excluding hydrogens is 400 g/mol. The van der Waals surface area contributed by atoms with E-state index in [1.54, 1.807) is 0 Å². The van der Waals surface area contributed by atoms with E-state index >= 15 is 0 Å². The predicted octanol–water partition coefficient (Wildman–Crippen LogP) is 2.88. The molecule has 3 heterocycles. The second-order valence-electron chi connectivity index (χ2n) is 8.03. The second-order valence-corrected chi connectivity index (χ2v) is 9.00. The molecule has 0 aliphatic carbocycles. The molecule has 1 atom stereocenters. The van der Waals surface area contributed by atoms with Crippen molar-refractivity contribution in [2.75, 3.05) is 31.1 Å². The van der Waals surface area contributed by atoms with Crippen molar-refractivity contribution in [3.05, 3.63) is 46.0 Å². The average Bonchev–Trinajstić information content (AvgIpc) is 3.31. The summed E-state index contributed by atoms with van der Waals surface area (Å²) in [5, 5.41) is 11.5. The number of carbonyl (C=O) groups is 2. The molecule has 0 saturated carbocycles. The van der Waals surface area contributed by atoms with Crippen molar-refractivity contribution in [3.63, 3.8) is 0 Å². The summed E-state index contributed by atoms with van der Waals surface area (Å²) in [7, 11) is 0. The highest BCUT2D eigenvalue weighted by Crippen LogP contribution is 2.30. The van der Waals surface area contributed by atoms with Crippen molar-refractivity contribution in [3.8, 4) is 0 Å². The molecule has 2 fully saturated rings. The van der Waals surface area contributed by atoms with Gasteiger partial charge in [-0.05, 0) is 43.9 Å². The zero-order chi connectivity index (χ0) is 21.3. The van der Waals surface area contributed by atoms with Crippen LogP contribution >= 0.6 is 11.3 Å². The molecule has 2 aliphatic rings. The Bertz CT molecular complexity index is 921. The van der Waals surface area contributed by atoms with E-state index in [1.165, 1.54) is 24.7 Å². The van der Waals surface area contributed by atoms with E-state index in [4.69, 9.17) is 0 Å². The molecule has 2 aromatic rings. The molecule has 4 rings (SSSR count). The number of aliphatic hydroxyl groups excluding tert-OH is 1. The van der Waals surface area contributed by atoms with Crippen molar-refractivity contribution in [2.24, 2.45) is 0 Å². The van der Waals surface area contributed by atoms with Crippen molar-refractivity contribution in [1.82, 2.24) is 14.8 Å². The van der Waals surface area contributed by atoms with E-state index in [9.17, 15) is 14.7 Å². The zero-order valence-electron chi connectivity index (χ0n) is 17.5. The Hall–Kier alpha value is -2.29. The Morgan fingerprint density at radius 1 is 1.10 bits per heavy atom. The summed E-state index contributed by atoms with van der Waals surface area (Å²) in [6, 6.07) is 7.70. The van der Waals surface area contributed by atoms with Gasteiger partial charge in [0, 0.05) is 45.2 Å². The molecule has 8 heteroatoms. The number of piperidine rings is 1. The Kier molecular flexibility index (Phi) is 6.17. The highest BCUT2D eigenvalue weighted by Gasteiger charge is 2.33. The molecule has 160 valence electrons. The van der Waals surface area contributed by atoms with Crippen molar-refractivity contribution >= 4 is 28.2 Å². The van der Waals surface area contributed by atoms with Crippen LogP contribution in [-0.4, -0.2) is 64.1 Å². The molecule has 2 aliphatic heterocycles. The number of benzene rings is 1. The lowest BCUT2D eigenvalue weighted by Gasteiger charge is -2.27. The standard InChI is InChI=1S/C22H28N4O3S/c1-15-19(16(2)27)30-21(23-15)26-13-12-25(22(26)29)14-17-6-8-18(9-7-17)20(28)24-10-4-3-5-11-24/h6-9,22,29H,3-5,10-14H2,1-2H3. The third kappa shape index (κ3) is 4.26. The van der Waals surface area contributed by atoms with Gasteiger partial charge in [0.05, 0.1) is 10.6 Å². The summed E-state index contributed by atoms with van der Waals surface area (Å²) in [4.78, 5) is 35.2. The number of aromatic nitrogens is 1. The predicted molar refractivity (Wildman–Crippen MR) is 117 cm³/mol. The van der Waals surface area contributed by atoms with Gasteiger partial charge in [-0.3, -0.25) is 14.5 Å². The maximum absolute atomic E-state index is 12.6. The Morgan fingerprint density at radius 3 is 2.43 bits per heavy atom. The maximum Gasteiger partial charge on any atom is 0.253 e. The lowest BCUT2D eigenvalue weighted by molar-refractivity contribution is 0.0343. The van der Waals surface area contributed by atoms with E-state index in [0.29, 0.717) is 35.3 Å². The Balaban J connectivity index is 1.39. The molecule has 1 aromatic heterocycles. The van der Waals surface area contributed by atoms with Crippen LogP contribution in [-0.2, 0) is 6.54 Å². The molecule has 30 heavy (non-hydrogen) atoms. The van der Waals surface area contributed by atoms with E-state index in [1.807, 2.05) is 45.9 Å². The van der Waals surface area contributed by atoms with Crippen LogP contribution in [0.25, 0.3) is 0 Å².